The number of ether oxygens (including phenoxy) is 1. The zero-order chi connectivity index (χ0) is 14.0. The summed E-state index contributed by atoms with van der Waals surface area (Å²) in [5.74, 6) is -0.648. The molecule has 0 bridgehead atoms. The lowest BCUT2D eigenvalue weighted by molar-refractivity contribution is 0.103. The maximum atomic E-state index is 13.8. The van der Waals surface area contributed by atoms with Gasteiger partial charge in [0.2, 0.25) is 0 Å². The van der Waals surface area contributed by atoms with Gasteiger partial charge in [-0.2, -0.15) is 0 Å². The van der Waals surface area contributed by atoms with Crippen molar-refractivity contribution >= 4 is 27.4 Å². The van der Waals surface area contributed by atoms with Gasteiger partial charge in [0.1, 0.15) is 11.6 Å². The first-order valence-electron chi connectivity index (χ1n) is 5.46. The number of anilines is 1. The lowest BCUT2D eigenvalue weighted by Gasteiger charge is -2.06. The second-order valence-electron chi connectivity index (χ2n) is 3.91. The number of methoxy groups -OCH3 is 1. The van der Waals surface area contributed by atoms with Gasteiger partial charge in [0, 0.05) is 21.8 Å². The number of rotatable bonds is 3. The number of hydrogen-bond donors (Lipinski definition) is 1. The average Bonchev–Trinajstić information content (AvgIpc) is 2.41. The molecule has 0 aliphatic carbocycles. The zero-order valence-corrected chi connectivity index (χ0v) is 11.7. The van der Waals surface area contributed by atoms with Crippen molar-refractivity contribution in [1.82, 2.24) is 0 Å². The summed E-state index contributed by atoms with van der Waals surface area (Å²) < 4.78 is 19.3. The Hall–Kier alpha value is -1.88. The molecule has 5 heteroatoms. The summed E-state index contributed by atoms with van der Waals surface area (Å²) >= 11 is 3.24. The van der Waals surface area contributed by atoms with Gasteiger partial charge < -0.3 is 10.5 Å². The second-order valence-corrected chi connectivity index (χ2v) is 4.77. The molecular formula is C14H11BrFNO2. The van der Waals surface area contributed by atoms with Crippen LogP contribution in [0, 0.1) is 5.82 Å². The molecule has 0 aliphatic rings. The Bertz CT molecular complexity index is 643. The lowest BCUT2D eigenvalue weighted by Crippen LogP contribution is -2.05. The van der Waals surface area contributed by atoms with Gasteiger partial charge in [-0.15, -0.1) is 0 Å². The summed E-state index contributed by atoms with van der Waals surface area (Å²) in [4.78, 5) is 12.2. The van der Waals surface area contributed by atoms with E-state index in [0.29, 0.717) is 21.5 Å². The topological polar surface area (TPSA) is 52.3 Å². The molecule has 0 amide bonds. The molecule has 0 radical (unpaired) electrons. The molecule has 19 heavy (non-hydrogen) atoms. The average molecular weight is 324 g/mol. The van der Waals surface area contributed by atoms with E-state index in [1.807, 2.05) is 0 Å². The van der Waals surface area contributed by atoms with Crippen molar-refractivity contribution < 1.29 is 13.9 Å². The van der Waals surface area contributed by atoms with E-state index in [0.717, 1.165) is 0 Å². The van der Waals surface area contributed by atoms with Gasteiger partial charge in [-0.1, -0.05) is 0 Å². The van der Waals surface area contributed by atoms with Crippen LogP contribution < -0.4 is 10.5 Å². The van der Waals surface area contributed by atoms with E-state index in [-0.39, 0.29) is 5.56 Å². The molecular weight excluding hydrogens is 313 g/mol. The molecule has 2 rings (SSSR count). The van der Waals surface area contributed by atoms with Gasteiger partial charge in [-0.25, -0.2) is 4.39 Å². The number of nitrogen functional groups attached to an aromatic ring is 1. The third-order valence-corrected chi connectivity index (χ3v) is 3.37. The third-order valence-electron chi connectivity index (χ3n) is 2.68. The van der Waals surface area contributed by atoms with Crippen LogP contribution in [0.25, 0.3) is 0 Å². The van der Waals surface area contributed by atoms with Gasteiger partial charge in [-0.3, -0.25) is 4.79 Å². The van der Waals surface area contributed by atoms with Crippen LogP contribution in [0.1, 0.15) is 15.9 Å². The molecule has 0 saturated heterocycles. The standard InChI is InChI=1S/C14H11BrFNO2/c1-19-9-3-4-10(12(16)7-9)14(18)8-2-5-13(17)11(15)6-8/h2-7H,17H2,1H3. The zero-order valence-electron chi connectivity index (χ0n) is 10.1. The van der Waals surface area contributed by atoms with Crippen molar-refractivity contribution in [2.75, 3.05) is 12.8 Å². The van der Waals surface area contributed by atoms with Crippen LogP contribution in [0.5, 0.6) is 5.75 Å². The van der Waals surface area contributed by atoms with E-state index < -0.39 is 11.6 Å². The minimum absolute atomic E-state index is 0.00234. The van der Waals surface area contributed by atoms with Crippen molar-refractivity contribution in [3.8, 4) is 5.75 Å². The highest BCUT2D eigenvalue weighted by molar-refractivity contribution is 9.10. The van der Waals surface area contributed by atoms with E-state index in [1.165, 1.54) is 19.2 Å². The van der Waals surface area contributed by atoms with Crippen LogP contribution in [0.3, 0.4) is 0 Å². The summed E-state index contributed by atoms with van der Waals surface area (Å²) in [6, 6.07) is 8.86. The van der Waals surface area contributed by atoms with E-state index in [1.54, 1.807) is 24.3 Å². The minimum Gasteiger partial charge on any atom is -0.497 e. The molecule has 2 aromatic carbocycles. The molecule has 0 atom stereocenters. The fourth-order valence-electron chi connectivity index (χ4n) is 1.63. The maximum Gasteiger partial charge on any atom is 0.196 e. The highest BCUT2D eigenvalue weighted by Gasteiger charge is 2.15. The van der Waals surface area contributed by atoms with Gasteiger partial charge in [0.05, 0.1) is 12.7 Å². The molecule has 0 heterocycles. The van der Waals surface area contributed by atoms with Gasteiger partial charge >= 0.3 is 0 Å². The molecule has 0 aromatic heterocycles. The highest BCUT2D eigenvalue weighted by Crippen LogP contribution is 2.24. The molecule has 2 N–H and O–H groups in total. The maximum absolute atomic E-state index is 13.8. The van der Waals surface area contributed by atoms with Gasteiger partial charge in [-0.05, 0) is 46.3 Å². The Balaban J connectivity index is 2.41. The Morgan fingerprint density at radius 2 is 2.00 bits per heavy atom. The molecule has 0 spiro atoms. The molecule has 0 saturated carbocycles. The number of carbonyl (C=O) groups excluding carboxylic acids is 1. The minimum atomic E-state index is -0.614. The van der Waals surface area contributed by atoms with Crippen LogP contribution in [0.15, 0.2) is 40.9 Å². The largest absolute Gasteiger partial charge is 0.497 e. The first kappa shape index (κ1) is 13.5. The Kier molecular flexibility index (Phi) is 3.85. The lowest BCUT2D eigenvalue weighted by atomic mass is 10.0. The van der Waals surface area contributed by atoms with Crippen molar-refractivity contribution in [1.29, 1.82) is 0 Å². The summed E-state index contributed by atoms with van der Waals surface area (Å²) in [7, 11) is 1.44. The first-order valence-corrected chi connectivity index (χ1v) is 6.25. The summed E-state index contributed by atoms with van der Waals surface area (Å²) in [6.45, 7) is 0. The van der Waals surface area contributed by atoms with Crippen molar-refractivity contribution in [2.45, 2.75) is 0 Å². The fraction of sp³-hybridized carbons (Fsp3) is 0.0714. The van der Waals surface area contributed by atoms with Crippen LogP contribution >= 0.6 is 15.9 Å². The Labute approximate surface area is 118 Å². The second kappa shape index (κ2) is 5.40. The van der Waals surface area contributed by atoms with Gasteiger partial charge in [0.15, 0.2) is 5.78 Å². The third kappa shape index (κ3) is 2.76. The van der Waals surface area contributed by atoms with E-state index >= 15 is 0 Å². The van der Waals surface area contributed by atoms with Gasteiger partial charge in [0.25, 0.3) is 0 Å². The van der Waals surface area contributed by atoms with Crippen molar-refractivity contribution in [3.63, 3.8) is 0 Å². The number of hydrogen-bond acceptors (Lipinski definition) is 3. The monoisotopic (exact) mass is 323 g/mol. The molecule has 0 aliphatic heterocycles. The van der Waals surface area contributed by atoms with E-state index in [2.05, 4.69) is 15.9 Å². The molecule has 3 nitrogen and oxygen atoms in total. The van der Waals surface area contributed by atoms with Crippen molar-refractivity contribution in [3.05, 3.63) is 57.8 Å². The smallest absolute Gasteiger partial charge is 0.196 e. The van der Waals surface area contributed by atoms with Crippen LogP contribution in [-0.2, 0) is 0 Å². The Morgan fingerprint density at radius 1 is 1.26 bits per heavy atom. The van der Waals surface area contributed by atoms with Crippen LogP contribution in [0.2, 0.25) is 0 Å². The number of ketones is 1. The highest BCUT2D eigenvalue weighted by atomic mass is 79.9. The molecule has 98 valence electrons. The Morgan fingerprint density at radius 3 is 2.58 bits per heavy atom. The predicted molar refractivity (Wildman–Crippen MR) is 74.9 cm³/mol. The van der Waals surface area contributed by atoms with E-state index in [4.69, 9.17) is 10.5 Å². The molecule has 0 unspecified atom stereocenters. The summed E-state index contributed by atoms with van der Waals surface area (Å²) in [5.41, 5.74) is 6.53. The van der Waals surface area contributed by atoms with E-state index in [9.17, 15) is 9.18 Å². The number of benzene rings is 2. The first-order chi connectivity index (χ1) is 9.02. The predicted octanol–water partition coefficient (Wildman–Crippen LogP) is 3.41. The number of carbonyl (C=O) groups is 1. The summed E-state index contributed by atoms with van der Waals surface area (Å²) in [6.07, 6.45) is 0. The summed E-state index contributed by atoms with van der Waals surface area (Å²) in [5, 5.41) is 0. The SMILES string of the molecule is COc1ccc(C(=O)c2ccc(N)c(Br)c2)c(F)c1. The molecule has 0 fully saturated rings. The number of halogens is 2. The normalized spacial score (nSPS) is 10.3. The molecule has 2 aromatic rings. The van der Waals surface area contributed by atoms with Crippen LogP contribution in [0.4, 0.5) is 10.1 Å². The number of nitrogens with two attached hydrogens (primary N) is 1. The van der Waals surface area contributed by atoms with Crippen LogP contribution in [-0.4, -0.2) is 12.9 Å². The quantitative estimate of drug-likeness (QED) is 0.695. The van der Waals surface area contributed by atoms with Crippen molar-refractivity contribution in [2.24, 2.45) is 0 Å². The fourth-order valence-corrected chi connectivity index (χ4v) is 2.01.